The van der Waals surface area contributed by atoms with Crippen LogP contribution in [-0.4, -0.2) is 52.8 Å². The molecule has 1 N–H and O–H groups in total. The molecule has 2 rings (SSSR count). The van der Waals surface area contributed by atoms with Crippen LogP contribution in [-0.2, 0) is 10.8 Å². The van der Waals surface area contributed by atoms with Gasteiger partial charge in [0.15, 0.2) is 0 Å². The second kappa shape index (κ2) is 5.24. The third kappa shape index (κ3) is 3.67. The standard InChI is InChI=1S/C10H20N2OS/c13-14-8-6-12(7-9-14)5-1-4-11-10-2-3-10/h10-11H,1-9H2. The van der Waals surface area contributed by atoms with E-state index in [1.165, 1.54) is 25.8 Å². The lowest BCUT2D eigenvalue weighted by atomic mass is 10.3. The van der Waals surface area contributed by atoms with Crippen molar-refractivity contribution in [2.24, 2.45) is 0 Å². The number of nitrogens with one attached hydrogen (secondary N) is 1. The Balaban J connectivity index is 1.49. The summed E-state index contributed by atoms with van der Waals surface area (Å²) in [5.41, 5.74) is 0. The van der Waals surface area contributed by atoms with Gasteiger partial charge in [-0.1, -0.05) is 0 Å². The molecule has 0 unspecified atom stereocenters. The van der Waals surface area contributed by atoms with Gasteiger partial charge in [0.05, 0.1) is 0 Å². The van der Waals surface area contributed by atoms with Gasteiger partial charge in [0.25, 0.3) is 0 Å². The van der Waals surface area contributed by atoms with E-state index in [1.807, 2.05) is 0 Å². The van der Waals surface area contributed by atoms with Gasteiger partial charge in [-0.05, 0) is 32.4 Å². The summed E-state index contributed by atoms with van der Waals surface area (Å²) in [5.74, 6) is 1.77. The molecule has 1 saturated carbocycles. The van der Waals surface area contributed by atoms with Gasteiger partial charge in [0.1, 0.15) is 0 Å². The van der Waals surface area contributed by atoms with Gasteiger partial charge < -0.3 is 10.2 Å². The highest BCUT2D eigenvalue weighted by Crippen LogP contribution is 2.18. The van der Waals surface area contributed by atoms with E-state index in [-0.39, 0.29) is 0 Å². The average molecular weight is 216 g/mol. The molecule has 0 aromatic rings. The van der Waals surface area contributed by atoms with Crippen molar-refractivity contribution < 1.29 is 4.21 Å². The number of hydrogen-bond acceptors (Lipinski definition) is 3. The summed E-state index contributed by atoms with van der Waals surface area (Å²) in [6.07, 6.45) is 3.99. The molecule has 0 spiro atoms. The number of hydrogen-bond donors (Lipinski definition) is 1. The summed E-state index contributed by atoms with van der Waals surface area (Å²) < 4.78 is 11.1. The van der Waals surface area contributed by atoms with Crippen LogP contribution >= 0.6 is 0 Å². The van der Waals surface area contributed by atoms with Crippen molar-refractivity contribution >= 4 is 10.8 Å². The maximum atomic E-state index is 11.1. The Kier molecular flexibility index (Phi) is 3.96. The largest absolute Gasteiger partial charge is 0.314 e. The highest BCUT2D eigenvalue weighted by Gasteiger charge is 2.20. The first-order chi connectivity index (χ1) is 6.84. The average Bonchev–Trinajstić information content (AvgIpc) is 2.99. The van der Waals surface area contributed by atoms with E-state index in [0.717, 1.165) is 37.2 Å². The first-order valence-corrected chi connectivity index (χ1v) is 7.14. The third-order valence-corrected chi connectivity index (χ3v) is 4.21. The Morgan fingerprint density at radius 3 is 2.64 bits per heavy atom. The second-order valence-electron chi connectivity index (χ2n) is 4.27. The topological polar surface area (TPSA) is 32.3 Å². The molecule has 0 radical (unpaired) electrons. The van der Waals surface area contributed by atoms with Crippen LogP contribution in [0.3, 0.4) is 0 Å². The van der Waals surface area contributed by atoms with E-state index in [4.69, 9.17) is 0 Å². The molecule has 1 aliphatic heterocycles. The molecule has 0 aromatic carbocycles. The minimum Gasteiger partial charge on any atom is -0.314 e. The Morgan fingerprint density at radius 1 is 1.29 bits per heavy atom. The van der Waals surface area contributed by atoms with E-state index in [0.29, 0.717) is 0 Å². The van der Waals surface area contributed by atoms with Crippen molar-refractivity contribution in [3.8, 4) is 0 Å². The minimum atomic E-state index is -0.523. The molecule has 2 aliphatic rings. The summed E-state index contributed by atoms with van der Waals surface area (Å²) in [4.78, 5) is 2.44. The number of nitrogens with zero attached hydrogens (tertiary/aromatic N) is 1. The first-order valence-electron chi connectivity index (χ1n) is 5.65. The van der Waals surface area contributed by atoms with Gasteiger partial charge in [0.2, 0.25) is 0 Å². The molecule has 14 heavy (non-hydrogen) atoms. The quantitative estimate of drug-likeness (QED) is 0.666. The van der Waals surface area contributed by atoms with Crippen molar-refractivity contribution in [2.75, 3.05) is 37.7 Å². The monoisotopic (exact) mass is 216 g/mol. The molecule has 0 bridgehead atoms. The van der Waals surface area contributed by atoms with Crippen LogP contribution in [0.2, 0.25) is 0 Å². The van der Waals surface area contributed by atoms with Crippen LogP contribution in [0.25, 0.3) is 0 Å². The first kappa shape index (κ1) is 10.6. The second-order valence-corrected chi connectivity index (χ2v) is 5.97. The van der Waals surface area contributed by atoms with Crippen molar-refractivity contribution in [1.29, 1.82) is 0 Å². The van der Waals surface area contributed by atoms with Crippen molar-refractivity contribution in [1.82, 2.24) is 10.2 Å². The maximum absolute atomic E-state index is 11.1. The van der Waals surface area contributed by atoms with Crippen molar-refractivity contribution in [3.05, 3.63) is 0 Å². The van der Waals surface area contributed by atoms with E-state index in [2.05, 4.69) is 10.2 Å². The lowest BCUT2D eigenvalue weighted by molar-refractivity contribution is 0.294. The molecule has 1 heterocycles. The smallest absolute Gasteiger partial charge is 0.0363 e. The van der Waals surface area contributed by atoms with Crippen LogP contribution in [0.5, 0.6) is 0 Å². The summed E-state index contributed by atoms with van der Waals surface area (Å²) >= 11 is 0. The fourth-order valence-electron chi connectivity index (χ4n) is 1.80. The summed E-state index contributed by atoms with van der Waals surface area (Å²) in [6, 6.07) is 0.837. The zero-order chi connectivity index (χ0) is 9.80. The molecule has 82 valence electrons. The highest BCUT2D eigenvalue weighted by molar-refractivity contribution is 7.85. The fourth-order valence-corrected chi connectivity index (χ4v) is 2.92. The van der Waals surface area contributed by atoms with Crippen molar-refractivity contribution in [2.45, 2.75) is 25.3 Å². The molecule has 0 aromatic heterocycles. The van der Waals surface area contributed by atoms with E-state index in [9.17, 15) is 4.21 Å². The van der Waals surface area contributed by atoms with E-state index in [1.54, 1.807) is 0 Å². The lowest BCUT2D eigenvalue weighted by Crippen LogP contribution is -2.39. The number of rotatable bonds is 5. The molecule has 0 amide bonds. The zero-order valence-electron chi connectivity index (χ0n) is 8.71. The third-order valence-electron chi connectivity index (χ3n) is 2.93. The maximum Gasteiger partial charge on any atom is 0.0363 e. The summed E-state index contributed by atoms with van der Waals surface area (Å²) in [7, 11) is -0.523. The van der Waals surface area contributed by atoms with Gasteiger partial charge in [-0.25, -0.2) is 0 Å². The SMILES string of the molecule is O=S1CCN(CCCNC2CC2)CC1. The lowest BCUT2D eigenvalue weighted by Gasteiger charge is -2.25. The molecular formula is C10H20N2OS. The van der Waals surface area contributed by atoms with Crippen LogP contribution in [0.1, 0.15) is 19.3 Å². The summed E-state index contributed by atoms with van der Waals surface area (Å²) in [6.45, 7) is 4.41. The Hall–Kier alpha value is 0.0700. The molecule has 0 atom stereocenters. The predicted octanol–water partition coefficient (Wildman–Crippen LogP) is 0.193. The van der Waals surface area contributed by atoms with E-state index >= 15 is 0 Å². The van der Waals surface area contributed by atoms with Gasteiger partial charge >= 0.3 is 0 Å². The zero-order valence-corrected chi connectivity index (χ0v) is 9.52. The molecule has 1 aliphatic carbocycles. The van der Waals surface area contributed by atoms with Gasteiger partial charge in [-0.15, -0.1) is 0 Å². The molecule has 3 nitrogen and oxygen atoms in total. The van der Waals surface area contributed by atoms with Crippen LogP contribution in [0.4, 0.5) is 0 Å². The molecule has 1 saturated heterocycles. The fraction of sp³-hybridized carbons (Fsp3) is 1.00. The molecule has 4 heteroatoms. The minimum absolute atomic E-state index is 0.523. The van der Waals surface area contributed by atoms with Crippen LogP contribution in [0, 0.1) is 0 Å². The predicted molar refractivity (Wildman–Crippen MR) is 60.0 cm³/mol. The normalized spacial score (nSPS) is 25.4. The Morgan fingerprint density at radius 2 is 2.00 bits per heavy atom. The van der Waals surface area contributed by atoms with Crippen molar-refractivity contribution in [3.63, 3.8) is 0 Å². The van der Waals surface area contributed by atoms with E-state index < -0.39 is 10.8 Å². The Bertz CT molecular complexity index is 196. The van der Waals surface area contributed by atoms with Gasteiger partial charge in [-0.3, -0.25) is 4.21 Å². The highest BCUT2D eigenvalue weighted by atomic mass is 32.2. The Labute approximate surface area is 88.7 Å². The van der Waals surface area contributed by atoms with Gasteiger partial charge in [-0.2, -0.15) is 0 Å². The van der Waals surface area contributed by atoms with Gasteiger partial charge in [0, 0.05) is 41.4 Å². The van der Waals surface area contributed by atoms with Crippen LogP contribution in [0.15, 0.2) is 0 Å². The molecule has 2 fully saturated rings. The molecular weight excluding hydrogens is 196 g/mol. The van der Waals surface area contributed by atoms with Crippen LogP contribution < -0.4 is 5.32 Å². The summed E-state index contributed by atoms with van der Waals surface area (Å²) in [5, 5.41) is 3.52.